The van der Waals surface area contributed by atoms with E-state index in [2.05, 4.69) is 20.2 Å². The van der Waals surface area contributed by atoms with Crippen molar-refractivity contribution in [2.45, 2.75) is 63.8 Å². The van der Waals surface area contributed by atoms with Crippen LogP contribution in [0.5, 0.6) is 6.01 Å². The van der Waals surface area contributed by atoms with Crippen LogP contribution in [0.1, 0.15) is 56.6 Å². The van der Waals surface area contributed by atoms with Gasteiger partial charge in [-0.15, -0.1) is 11.3 Å². The van der Waals surface area contributed by atoms with Crippen LogP contribution in [-0.4, -0.2) is 67.0 Å². The van der Waals surface area contributed by atoms with Gasteiger partial charge in [-0.1, -0.05) is 6.07 Å². The molecule has 0 aliphatic carbocycles. The van der Waals surface area contributed by atoms with Crippen LogP contribution in [0, 0.1) is 23.0 Å². The molecule has 2 atom stereocenters. The number of nitrogen functional groups attached to an aromatic ring is 1. The number of rotatable bonds is 4. The number of aromatic nitrogens is 2. The van der Waals surface area contributed by atoms with Crippen LogP contribution in [0.4, 0.5) is 37.2 Å². The fourth-order valence-corrected chi connectivity index (χ4v) is 7.26. The number of ether oxygens (including phenoxy) is 2. The molecule has 3 aliphatic heterocycles. The number of nitriles is 1. The van der Waals surface area contributed by atoms with Crippen LogP contribution in [0.2, 0.25) is 0 Å². The Labute approximate surface area is 277 Å². The molecule has 0 amide bonds. The van der Waals surface area contributed by atoms with Crippen molar-refractivity contribution in [2.24, 2.45) is 0 Å². The Balaban J connectivity index is 0.000000243. The van der Waals surface area contributed by atoms with Crippen molar-refractivity contribution in [3.8, 4) is 23.2 Å². The molecule has 3 aliphatic rings. The third-order valence-corrected chi connectivity index (χ3v) is 9.51. The van der Waals surface area contributed by atoms with Crippen molar-refractivity contribution < 1.29 is 35.8 Å². The lowest BCUT2D eigenvalue weighted by Crippen LogP contribution is -2.22. The van der Waals surface area contributed by atoms with E-state index in [1.54, 1.807) is 13.0 Å². The number of benzene rings is 2. The minimum Gasteiger partial charge on any atom is -0.467 e. The highest BCUT2D eigenvalue weighted by Gasteiger charge is 2.38. The van der Waals surface area contributed by atoms with Gasteiger partial charge in [-0.2, -0.15) is 28.4 Å². The molecule has 0 radical (unpaired) electrons. The van der Waals surface area contributed by atoms with Crippen LogP contribution in [0.15, 0.2) is 18.2 Å². The maximum absolute atomic E-state index is 15.9. The summed E-state index contributed by atoms with van der Waals surface area (Å²) in [6.07, 6.45) is 1.75. The van der Waals surface area contributed by atoms with Gasteiger partial charge in [-0.25, -0.2) is 13.2 Å². The number of alkyl halides is 4. The lowest BCUT2D eigenvalue weighted by Gasteiger charge is -2.18. The van der Waals surface area contributed by atoms with Gasteiger partial charge in [0.2, 0.25) is 0 Å². The highest BCUT2D eigenvalue weighted by molar-refractivity contribution is 7.23. The second-order valence-corrected chi connectivity index (χ2v) is 12.7. The van der Waals surface area contributed by atoms with E-state index in [0.29, 0.717) is 23.9 Å². The van der Waals surface area contributed by atoms with Gasteiger partial charge in [0.15, 0.2) is 5.82 Å². The van der Waals surface area contributed by atoms with Crippen molar-refractivity contribution in [3.63, 3.8) is 0 Å². The molecule has 48 heavy (non-hydrogen) atoms. The summed E-state index contributed by atoms with van der Waals surface area (Å²) in [7, 11) is 1.23. The first-order chi connectivity index (χ1) is 23.0. The molecule has 2 aromatic carbocycles. The van der Waals surface area contributed by atoms with Crippen molar-refractivity contribution in [3.05, 3.63) is 41.0 Å². The molecule has 7 rings (SSSR count). The number of nitrogens with zero attached hydrogens (tertiary/aromatic N) is 4. The number of hydrogen-bond donors (Lipinski definition) is 2. The Kier molecular flexibility index (Phi) is 11.2. The van der Waals surface area contributed by atoms with E-state index >= 15 is 4.39 Å². The molecule has 15 heteroatoms. The molecule has 4 aromatic rings. The lowest BCUT2D eigenvalue weighted by molar-refractivity contribution is -0.137. The summed E-state index contributed by atoms with van der Waals surface area (Å²) in [6.45, 7) is 5.84. The zero-order chi connectivity index (χ0) is 34.6. The topological polar surface area (TPSA) is 109 Å². The first kappa shape index (κ1) is 35.4. The first-order valence-electron chi connectivity index (χ1n) is 15.7. The van der Waals surface area contributed by atoms with Crippen molar-refractivity contribution in [2.75, 3.05) is 51.0 Å². The third kappa shape index (κ3) is 7.40. The molecule has 258 valence electrons. The van der Waals surface area contributed by atoms with Crippen molar-refractivity contribution in [1.29, 1.82) is 5.26 Å². The maximum atomic E-state index is 15.9. The van der Waals surface area contributed by atoms with Gasteiger partial charge in [0, 0.05) is 48.7 Å². The van der Waals surface area contributed by atoms with E-state index in [4.69, 9.17) is 15.2 Å². The van der Waals surface area contributed by atoms with Gasteiger partial charge < -0.3 is 20.5 Å². The normalized spacial score (nSPS) is 19.2. The van der Waals surface area contributed by atoms with E-state index in [0.717, 1.165) is 44.4 Å². The zero-order valence-electron chi connectivity index (χ0n) is 26.5. The Morgan fingerprint density at radius 3 is 2.50 bits per heavy atom. The van der Waals surface area contributed by atoms with Gasteiger partial charge in [0.1, 0.15) is 34.4 Å². The van der Waals surface area contributed by atoms with E-state index in [-0.39, 0.29) is 50.0 Å². The molecule has 3 N–H and O–H groups in total. The lowest BCUT2D eigenvalue weighted by atomic mass is 9.92. The SMILES string of the molecule is C1CCOCC1.CCNc1nc(OC)nc2c(F)c(-c3ccc(F)c4sc(N)c(C#N)c34)c(C(F)(F)F)cc12.FC1CC2CCCN2C1. The number of nitrogens with one attached hydrogen (secondary N) is 1. The first-order valence-corrected chi connectivity index (χ1v) is 16.6. The Morgan fingerprint density at radius 2 is 1.92 bits per heavy atom. The predicted octanol–water partition coefficient (Wildman–Crippen LogP) is 8.08. The number of methoxy groups -OCH3 is 1. The Bertz CT molecular complexity index is 1780. The van der Waals surface area contributed by atoms with E-state index in [9.17, 15) is 27.2 Å². The summed E-state index contributed by atoms with van der Waals surface area (Å²) < 4.78 is 95.3. The molecular weight excluding hydrogens is 658 g/mol. The predicted molar refractivity (Wildman–Crippen MR) is 174 cm³/mol. The summed E-state index contributed by atoms with van der Waals surface area (Å²) in [5, 5.41) is 11.8. The molecular formula is C33H36F6N6O2S. The average molecular weight is 695 g/mol. The Morgan fingerprint density at radius 1 is 1.17 bits per heavy atom. The van der Waals surface area contributed by atoms with Gasteiger partial charge in [-0.05, 0) is 69.7 Å². The van der Waals surface area contributed by atoms with Gasteiger partial charge in [0.25, 0.3) is 0 Å². The van der Waals surface area contributed by atoms with Gasteiger partial charge >= 0.3 is 12.2 Å². The minimum absolute atomic E-state index is 0.0444. The van der Waals surface area contributed by atoms with Crippen molar-refractivity contribution >= 4 is 43.1 Å². The fourth-order valence-electron chi connectivity index (χ4n) is 6.31. The molecule has 2 unspecified atom stereocenters. The molecule has 3 fully saturated rings. The zero-order valence-corrected chi connectivity index (χ0v) is 27.3. The van der Waals surface area contributed by atoms with Crippen LogP contribution in [0.25, 0.3) is 32.1 Å². The highest BCUT2D eigenvalue weighted by Crippen LogP contribution is 2.47. The number of thiophene rings is 1. The van der Waals surface area contributed by atoms with Crippen LogP contribution in [0.3, 0.4) is 0 Å². The molecule has 0 spiro atoms. The highest BCUT2D eigenvalue weighted by atomic mass is 32.1. The number of nitrogens with two attached hydrogens (primary N) is 1. The summed E-state index contributed by atoms with van der Waals surface area (Å²) in [5.41, 5.74) is 2.59. The number of anilines is 2. The van der Waals surface area contributed by atoms with Gasteiger partial charge in [-0.3, -0.25) is 4.90 Å². The van der Waals surface area contributed by atoms with Gasteiger partial charge in [0.05, 0.1) is 22.9 Å². The molecule has 3 saturated heterocycles. The smallest absolute Gasteiger partial charge is 0.417 e. The number of halogens is 6. The standard InChI is InChI=1S/C21H14F5N5OS.C7H12FN.C5H10O/c1-3-29-19-9-6-11(21(24,25)26)14(15(23)16(9)30-20(31-19)32-2)8-4-5-12(22)17-13(8)10(7-27)18(28)33-17;8-6-4-7-2-1-3-9(7)5-6;1-2-4-6-5-3-1/h4-6H,3,28H2,1-2H3,(H,29,30,31);6-7H,1-5H2;1-5H2. The van der Waals surface area contributed by atoms with E-state index in [1.807, 2.05) is 0 Å². The average Bonchev–Trinajstić information content (AvgIpc) is 3.75. The van der Waals surface area contributed by atoms with Crippen molar-refractivity contribution in [1.82, 2.24) is 14.9 Å². The molecule has 8 nitrogen and oxygen atoms in total. The van der Waals surface area contributed by atoms with Crippen LogP contribution in [-0.2, 0) is 10.9 Å². The summed E-state index contributed by atoms with van der Waals surface area (Å²) in [6, 6.07) is 4.75. The minimum atomic E-state index is -5.00. The largest absolute Gasteiger partial charge is 0.467 e. The second kappa shape index (κ2) is 15.1. The Hall–Kier alpha value is -3.87. The molecule has 0 saturated carbocycles. The fraction of sp³-hybridized carbons (Fsp3) is 0.485. The van der Waals surface area contributed by atoms with Crippen LogP contribution >= 0.6 is 11.3 Å². The third-order valence-electron chi connectivity index (χ3n) is 8.48. The van der Waals surface area contributed by atoms with E-state index < -0.39 is 40.6 Å². The molecule has 2 aromatic heterocycles. The monoisotopic (exact) mass is 694 g/mol. The summed E-state index contributed by atoms with van der Waals surface area (Å²) in [5.74, 6) is -2.15. The quantitative estimate of drug-likeness (QED) is 0.207. The number of fused-ring (bicyclic) bond motifs is 3. The second-order valence-electron chi connectivity index (χ2n) is 11.6. The van der Waals surface area contributed by atoms with E-state index in [1.165, 1.54) is 39.2 Å². The summed E-state index contributed by atoms with van der Waals surface area (Å²) >= 11 is 0.698. The summed E-state index contributed by atoms with van der Waals surface area (Å²) in [4.78, 5) is 10.2. The number of hydrogen-bond acceptors (Lipinski definition) is 9. The molecule has 0 bridgehead atoms. The van der Waals surface area contributed by atoms with Crippen LogP contribution < -0.4 is 15.8 Å². The maximum Gasteiger partial charge on any atom is 0.417 e. The molecule has 5 heterocycles.